The van der Waals surface area contributed by atoms with E-state index in [-0.39, 0.29) is 11.9 Å². The normalized spacial score (nSPS) is 15.1. The molecule has 1 aromatic carbocycles. The summed E-state index contributed by atoms with van der Waals surface area (Å²) in [5.74, 6) is 8.75. The van der Waals surface area contributed by atoms with Crippen molar-refractivity contribution in [2.45, 2.75) is 25.8 Å². The minimum atomic E-state index is -0.0631. The third-order valence-electron chi connectivity index (χ3n) is 5.63. The fraction of sp³-hybridized carbons (Fsp3) is 0.280. The number of aryl methyl sites for hydroxylation is 1. The summed E-state index contributed by atoms with van der Waals surface area (Å²) in [5, 5.41) is 0.397. The van der Waals surface area contributed by atoms with Gasteiger partial charge in [0.2, 0.25) is 0 Å². The number of carbonyl (C=O) groups is 1. The first-order chi connectivity index (χ1) is 16.0. The molecule has 2 N–H and O–H groups in total. The van der Waals surface area contributed by atoms with E-state index < -0.39 is 0 Å². The fourth-order valence-electron chi connectivity index (χ4n) is 3.67. The van der Waals surface area contributed by atoms with Gasteiger partial charge in [0.05, 0.1) is 27.5 Å². The number of carbonyl (C=O) groups excluding carboxylic acids is 1. The molecule has 8 heteroatoms. The van der Waals surface area contributed by atoms with Crippen LogP contribution in [0.5, 0.6) is 0 Å². The van der Waals surface area contributed by atoms with Crippen LogP contribution in [0.15, 0.2) is 42.9 Å². The molecule has 1 atom stereocenters. The number of nitrogens with zero attached hydrogens (tertiary/aromatic N) is 4. The number of hydrogen-bond acceptors (Lipinski definition) is 6. The van der Waals surface area contributed by atoms with Crippen LogP contribution in [0, 0.1) is 11.8 Å². The van der Waals surface area contributed by atoms with Crippen molar-refractivity contribution in [3.8, 4) is 23.1 Å². The zero-order valence-electron chi connectivity index (χ0n) is 18.5. The largest absolute Gasteiger partial charge is 0.384 e. The molecular weight excluding hydrogens is 454 g/mol. The highest BCUT2D eigenvalue weighted by Gasteiger charge is 2.26. The van der Waals surface area contributed by atoms with Crippen molar-refractivity contribution in [1.82, 2.24) is 19.9 Å². The molecule has 1 amide bonds. The number of rotatable bonds is 4. The lowest BCUT2D eigenvalue weighted by Gasteiger charge is -2.24. The van der Waals surface area contributed by atoms with E-state index in [1.807, 2.05) is 37.9 Å². The molecule has 3 aromatic rings. The average molecular weight is 478 g/mol. The highest BCUT2D eigenvalue weighted by atomic mass is 35.5. The molecule has 0 aliphatic carbocycles. The maximum absolute atomic E-state index is 13.0. The molecule has 6 nitrogen and oxygen atoms in total. The minimum Gasteiger partial charge on any atom is -0.384 e. The molecule has 33 heavy (non-hydrogen) atoms. The summed E-state index contributed by atoms with van der Waals surface area (Å²) in [6.45, 7) is 2.02. The number of nitrogens with two attached hydrogens (primary N) is 1. The maximum Gasteiger partial charge on any atom is 0.255 e. The van der Waals surface area contributed by atoms with Crippen molar-refractivity contribution in [2.24, 2.45) is 0 Å². The molecule has 1 saturated heterocycles. The van der Waals surface area contributed by atoms with E-state index >= 15 is 0 Å². The van der Waals surface area contributed by atoms with Crippen molar-refractivity contribution in [2.75, 3.05) is 24.3 Å². The Morgan fingerprint density at radius 3 is 2.76 bits per heavy atom. The monoisotopic (exact) mass is 477 g/mol. The van der Waals surface area contributed by atoms with Crippen LogP contribution in [-0.2, 0) is 6.42 Å². The average Bonchev–Trinajstić information content (AvgIpc) is 3.37. The quantitative estimate of drug-likeness (QED) is 0.563. The molecule has 0 spiro atoms. The minimum absolute atomic E-state index is 0.0631. The number of pyridine rings is 1. The number of halogens is 1. The van der Waals surface area contributed by atoms with E-state index in [2.05, 4.69) is 26.8 Å². The van der Waals surface area contributed by atoms with Crippen molar-refractivity contribution < 1.29 is 4.79 Å². The van der Waals surface area contributed by atoms with E-state index in [1.54, 1.807) is 29.3 Å². The van der Waals surface area contributed by atoms with Gasteiger partial charge in [-0.2, -0.15) is 11.8 Å². The Bertz CT molecular complexity index is 1230. The molecule has 1 aliphatic heterocycles. The van der Waals surface area contributed by atoms with Gasteiger partial charge in [-0.1, -0.05) is 36.4 Å². The summed E-state index contributed by atoms with van der Waals surface area (Å²) < 4.78 is 0. The smallest absolute Gasteiger partial charge is 0.255 e. The van der Waals surface area contributed by atoms with E-state index in [0.29, 0.717) is 28.5 Å². The predicted molar refractivity (Wildman–Crippen MR) is 134 cm³/mol. The summed E-state index contributed by atoms with van der Waals surface area (Å²) in [5.41, 5.74) is 9.93. The lowest BCUT2D eigenvalue weighted by Crippen LogP contribution is -2.37. The molecular formula is C25H24ClN5OS. The fourth-order valence-corrected chi connectivity index (χ4v) is 5.20. The number of aromatic nitrogens is 3. The number of anilines is 1. The van der Waals surface area contributed by atoms with Gasteiger partial charge in [0, 0.05) is 36.2 Å². The van der Waals surface area contributed by atoms with Gasteiger partial charge in [-0.05, 0) is 42.9 Å². The van der Waals surface area contributed by atoms with Gasteiger partial charge < -0.3 is 10.6 Å². The van der Waals surface area contributed by atoms with Crippen LogP contribution in [-0.4, -0.2) is 50.4 Å². The van der Waals surface area contributed by atoms with E-state index in [9.17, 15) is 4.79 Å². The second-order valence-corrected chi connectivity index (χ2v) is 9.30. The van der Waals surface area contributed by atoms with Crippen molar-refractivity contribution in [3.63, 3.8) is 0 Å². The summed E-state index contributed by atoms with van der Waals surface area (Å²) in [6, 6.07) is 9.20. The Labute approximate surface area is 203 Å². The first-order valence-electron chi connectivity index (χ1n) is 10.7. The molecule has 0 radical (unpaired) electrons. The standard InChI is InChI=1S/C25H24ClN5OS/c1-3-22-20(7-4-16-5-9-23(27)28-13-16)24(30-15-29-22)17-6-8-19(21(26)12-17)25(32)31(2)18-10-11-33-14-18/h5-6,8-9,12-13,15,18H,3,10-11,14H2,1-2H3,(H2,27,28). The van der Waals surface area contributed by atoms with E-state index in [1.165, 1.54) is 6.33 Å². The molecule has 1 aliphatic rings. The maximum atomic E-state index is 13.0. The molecule has 1 fully saturated rings. The van der Waals surface area contributed by atoms with Crippen LogP contribution in [0.1, 0.15) is 40.5 Å². The lowest BCUT2D eigenvalue weighted by atomic mass is 10.0. The van der Waals surface area contributed by atoms with Crippen LogP contribution in [0.4, 0.5) is 5.82 Å². The Balaban J connectivity index is 1.68. The van der Waals surface area contributed by atoms with Gasteiger partial charge >= 0.3 is 0 Å². The highest BCUT2D eigenvalue weighted by molar-refractivity contribution is 7.99. The first-order valence-corrected chi connectivity index (χ1v) is 12.2. The van der Waals surface area contributed by atoms with E-state index in [0.717, 1.165) is 40.3 Å². The topological polar surface area (TPSA) is 85.0 Å². The number of benzene rings is 1. The molecule has 4 rings (SSSR count). The number of hydrogen-bond donors (Lipinski definition) is 1. The van der Waals surface area contributed by atoms with Gasteiger partial charge in [0.25, 0.3) is 5.91 Å². The van der Waals surface area contributed by atoms with Crippen LogP contribution in [0.25, 0.3) is 11.3 Å². The van der Waals surface area contributed by atoms with Gasteiger partial charge in [-0.15, -0.1) is 0 Å². The highest BCUT2D eigenvalue weighted by Crippen LogP contribution is 2.30. The van der Waals surface area contributed by atoms with Crippen molar-refractivity contribution in [1.29, 1.82) is 0 Å². The predicted octanol–water partition coefficient (Wildman–Crippen LogP) is 4.31. The van der Waals surface area contributed by atoms with E-state index in [4.69, 9.17) is 17.3 Å². The molecule has 3 heterocycles. The van der Waals surface area contributed by atoms with Gasteiger partial charge in [0.15, 0.2) is 0 Å². The van der Waals surface area contributed by atoms with Gasteiger partial charge in [-0.3, -0.25) is 4.79 Å². The Morgan fingerprint density at radius 2 is 2.09 bits per heavy atom. The first kappa shape index (κ1) is 23.1. The third-order valence-corrected chi connectivity index (χ3v) is 7.08. The Kier molecular flexibility index (Phi) is 7.17. The molecule has 168 valence electrons. The SMILES string of the molecule is CCc1ncnc(-c2ccc(C(=O)N(C)C3CCSC3)c(Cl)c2)c1C#Cc1ccc(N)nc1. The van der Waals surface area contributed by atoms with Crippen LogP contribution in [0.3, 0.4) is 0 Å². The molecule has 1 unspecified atom stereocenters. The number of nitrogen functional groups attached to an aromatic ring is 1. The van der Waals surface area contributed by atoms with Crippen LogP contribution < -0.4 is 5.73 Å². The summed E-state index contributed by atoms with van der Waals surface area (Å²) in [7, 11) is 1.85. The summed E-state index contributed by atoms with van der Waals surface area (Å²) in [4.78, 5) is 27.8. The van der Waals surface area contributed by atoms with Crippen molar-refractivity contribution >= 4 is 35.1 Å². The Morgan fingerprint density at radius 1 is 1.24 bits per heavy atom. The number of amides is 1. The Hall–Kier alpha value is -3.08. The zero-order valence-corrected chi connectivity index (χ0v) is 20.1. The van der Waals surface area contributed by atoms with Crippen LogP contribution in [0.2, 0.25) is 5.02 Å². The number of thioether (sulfide) groups is 1. The second-order valence-electron chi connectivity index (χ2n) is 7.75. The zero-order chi connectivity index (χ0) is 23.4. The van der Waals surface area contributed by atoms with Gasteiger partial charge in [-0.25, -0.2) is 15.0 Å². The second kappa shape index (κ2) is 10.2. The lowest BCUT2D eigenvalue weighted by molar-refractivity contribution is 0.0748. The molecule has 0 saturated carbocycles. The van der Waals surface area contributed by atoms with Crippen molar-refractivity contribution in [3.05, 3.63) is 70.3 Å². The summed E-state index contributed by atoms with van der Waals surface area (Å²) in [6.07, 6.45) is 4.87. The third kappa shape index (κ3) is 5.13. The van der Waals surface area contributed by atoms with Gasteiger partial charge in [0.1, 0.15) is 12.1 Å². The van der Waals surface area contributed by atoms with Crippen LogP contribution >= 0.6 is 23.4 Å². The molecule has 0 bridgehead atoms. The molecule has 2 aromatic heterocycles. The summed E-state index contributed by atoms with van der Waals surface area (Å²) >= 11 is 8.46.